The number of hydrogen-bond acceptors (Lipinski definition) is 4. The summed E-state index contributed by atoms with van der Waals surface area (Å²) < 4.78 is 10.6. The van der Waals surface area contributed by atoms with Crippen LogP contribution in [0.5, 0.6) is 0 Å². The maximum Gasteiger partial charge on any atom is 0.323 e. The molecule has 0 aromatic heterocycles. The Bertz CT molecular complexity index is 447. The molecule has 0 unspecified atom stereocenters. The zero-order valence-electron chi connectivity index (χ0n) is 13.8. The van der Waals surface area contributed by atoms with Gasteiger partial charge in [-0.25, -0.2) is 0 Å². The molecule has 0 saturated heterocycles. The van der Waals surface area contributed by atoms with Gasteiger partial charge >= 0.3 is 11.9 Å². The molecule has 0 spiro atoms. The van der Waals surface area contributed by atoms with Crippen molar-refractivity contribution < 1.29 is 19.1 Å². The van der Waals surface area contributed by atoms with E-state index in [0.29, 0.717) is 26.1 Å². The maximum atomic E-state index is 12.5. The first-order chi connectivity index (χ1) is 10.6. The number of carbonyl (C=O) groups excluding carboxylic acids is 2. The van der Waals surface area contributed by atoms with E-state index in [9.17, 15) is 9.59 Å². The maximum absolute atomic E-state index is 12.5. The molecule has 0 heterocycles. The molecule has 0 bridgehead atoms. The van der Waals surface area contributed by atoms with E-state index in [1.807, 2.05) is 51.1 Å². The molecule has 0 aliphatic carbocycles. The number of ether oxygens (including phenoxy) is 2. The van der Waals surface area contributed by atoms with E-state index in [4.69, 9.17) is 9.47 Å². The monoisotopic (exact) mass is 306 g/mol. The van der Waals surface area contributed by atoms with Crippen molar-refractivity contribution in [2.75, 3.05) is 13.2 Å². The Labute approximate surface area is 132 Å². The SMILES string of the molecule is CCCOC(=O)C(CC)(Cc1ccccc1)C(=O)OCCC. The van der Waals surface area contributed by atoms with E-state index in [2.05, 4.69) is 0 Å². The summed E-state index contributed by atoms with van der Waals surface area (Å²) >= 11 is 0. The largest absolute Gasteiger partial charge is 0.465 e. The molecule has 0 aliphatic rings. The minimum atomic E-state index is -1.26. The van der Waals surface area contributed by atoms with Crippen LogP contribution in [0.3, 0.4) is 0 Å². The van der Waals surface area contributed by atoms with Crippen LogP contribution in [0, 0.1) is 5.41 Å². The molecule has 0 amide bonds. The highest BCUT2D eigenvalue weighted by atomic mass is 16.6. The second-order valence-electron chi connectivity index (χ2n) is 5.37. The van der Waals surface area contributed by atoms with E-state index in [0.717, 1.165) is 18.4 Å². The third-order valence-electron chi connectivity index (χ3n) is 3.61. The second-order valence-corrected chi connectivity index (χ2v) is 5.37. The van der Waals surface area contributed by atoms with E-state index in [-0.39, 0.29) is 0 Å². The Balaban J connectivity index is 3.04. The molecule has 22 heavy (non-hydrogen) atoms. The topological polar surface area (TPSA) is 52.6 Å². The van der Waals surface area contributed by atoms with Crippen LogP contribution >= 0.6 is 0 Å². The fourth-order valence-corrected chi connectivity index (χ4v) is 2.25. The number of benzene rings is 1. The predicted molar refractivity (Wildman–Crippen MR) is 85.4 cm³/mol. The van der Waals surface area contributed by atoms with E-state index in [1.54, 1.807) is 0 Å². The Kier molecular flexibility index (Phi) is 7.64. The van der Waals surface area contributed by atoms with Crippen molar-refractivity contribution in [3.63, 3.8) is 0 Å². The third kappa shape index (κ3) is 4.58. The van der Waals surface area contributed by atoms with Crippen molar-refractivity contribution in [3.8, 4) is 0 Å². The van der Waals surface area contributed by atoms with Crippen LogP contribution in [0.25, 0.3) is 0 Å². The van der Waals surface area contributed by atoms with Crippen LogP contribution in [0.4, 0.5) is 0 Å². The van der Waals surface area contributed by atoms with Gasteiger partial charge in [-0.3, -0.25) is 9.59 Å². The van der Waals surface area contributed by atoms with Gasteiger partial charge in [0.05, 0.1) is 13.2 Å². The highest BCUT2D eigenvalue weighted by molar-refractivity contribution is 6.00. The summed E-state index contributed by atoms with van der Waals surface area (Å²) in [5.41, 5.74) is -0.336. The van der Waals surface area contributed by atoms with Gasteiger partial charge in [0, 0.05) is 0 Å². The number of carbonyl (C=O) groups is 2. The first kappa shape index (κ1) is 18.2. The van der Waals surface area contributed by atoms with Crippen LogP contribution in [-0.2, 0) is 25.5 Å². The van der Waals surface area contributed by atoms with E-state index in [1.165, 1.54) is 0 Å². The minimum absolute atomic E-state index is 0.301. The highest BCUT2D eigenvalue weighted by Gasteiger charge is 2.47. The van der Waals surface area contributed by atoms with Gasteiger partial charge in [0.2, 0.25) is 0 Å². The first-order valence-electron chi connectivity index (χ1n) is 7.99. The molecule has 0 atom stereocenters. The molecule has 0 radical (unpaired) electrons. The summed E-state index contributed by atoms with van der Waals surface area (Å²) in [5.74, 6) is -0.969. The van der Waals surface area contributed by atoms with Gasteiger partial charge in [-0.2, -0.15) is 0 Å². The zero-order valence-corrected chi connectivity index (χ0v) is 13.8. The van der Waals surface area contributed by atoms with Gasteiger partial charge in [-0.05, 0) is 31.2 Å². The predicted octanol–water partition coefficient (Wildman–Crippen LogP) is 3.53. The minimum Gasteiger partial charge on any atom is -0.465 e. The first-order valence-corrected chi connectivity index (χ1v) is 7.99. The molecule has 0 N–H and O–H groups in total. The molecule has 1 aromatic carbocycles. The summed E-state index contributed by atoms with van der Waals surface area (Å²) in [7, 11) is 0. The Hall–Kier alpha value is -1.84. The van der Waals surface area contributed by atoms with Crippen molar-refractivity contribution in [1.82, 2.24) is 0 Å². The molecule has 4 nitrogen and oxygen atoms in total. The number of rotatable bonds is 9. The van der Waals surface area contributed by atoms with Crippen molar-refractivity contribution in [1.29, 1.82) is 0 Å². The van der Waals surface area contributed by atoms with Crippen molar-refractivity contribution in [3.05, 3.63) is 35.9 Å². The molecule has 0 saturated carbocycles. The number of esters is 2. The van der Waals surface area contributed by atoms with E-state index < -0.39 is 17.4 Å². The Morgan fingerprint density at radius 2 is 1.41 bits per heavy atom. The Morgan fingerprint density at radius 1 is 0.909 bits per heavy atom. The van der Waals surface area contributed by atoms with Gasteiger partial charge in [-0.1, -0.05) is 51.1 Å². The van der Waals surface area contributed by atoms with Gasteiger partial charge in [-0.15, -0.1) is 0 Å². The van der Waals surface area contributed by atoms with Crippen LogP contribution in [-0.4, -0.2) is 25.2 Å². The van der Waals surface area contributed by atoms with Gasteiger partial charge in [0.15, 0.2) is 5.41 Å². The summed E-state index contributed by atoms with van der Waals surface area (Å²) in [6.45, 7) is 6.30. The summed E-state index contributed by atoms with van der Waals surface area (Å²) in [6.07, 6.45) is 2.10. The van der Waals surface area contributed by atoms with Crippen LogP contribution in [0.2, 0.25) is 0 Å². The quantitative estimate of drug-likeness (QED) is 0.517. The fraction of sp³-hybridized carbons (Fsp3) is 0.556. The lowest BCUT2D eigenvalue weighted by atomic mass is 9.79. The average molecular weight is 306 g/mol. The molecule has 122 valence electrons. The molecule has 0 aliphatic heterocycles. The number of hydrogen-bond donors (Lipinski definition) is 0. The summed E-state index contributed by atoms with van der Waals surface area (Å²) in [4.78, 5) is 25.1. The van der Waals surface area contributed by atoms with Crippen molar-refractivity contribution in [2.24, 2.45) is 5.41 Å². The third-order valence-corrected chi connectivity index (χ3v) is 3.61. The van der Waals surface area contributed by atoms with Gasteiger partial charge < -0.3 is 9.47 Å². The average Bonchev–Trinajstić information content (AvgIpc) is 2.56. The summed E-state index contributed by atoms with van der Waals surface area (Å²) in [6, 6.07) is 9.51. The Morgan fingerprint density at radius 3 is 1.82 bits per heavy atom. The molecule has 0 fully saturated rings. The lowest BCUT2D eigenvalue weighted by molar-refractivity contribution is -0.173. The molecular formula is C18H26O4. The smallest absolute Gasteiger partial charge is 0.323 e. The lowest BCUT2D eigenvalue weighted by Gasteiger charge is -2.28. The van der Waals surface area contributed by atoms with Crippen LogP contribution < -0.4 is 0 Å². The lowest BCUT2D eigenvalue weighted by Crippen LogP contribution is -2.43. The zero-order chi connectivity index (χ0) is 16.4. The second kappa shape index (κ2) is 9.23. The normalized spacial score (nSPS) is 11.0. The van der Waals surface area contributed by atoms with Crippen LogP contribution in [0.1, 0.15) is 45.6 Å². The highest BCUT2D eigenvalue weighted by Crippen LogP contribution is 2.31. The molecule has 1 aromatic rings. The molecular weight excluding hydrogens is 280 g/mol. The van der Waals surface area contributed by atoms with Crippen LogP contribution in [0.15, 0.2) is 30.3 Å². The standard InChI is InChI=1S/C18H26O4/c1-4-12-21-16(19)18(6-3,17(20)22-13-5-2)14-15-10-8-7-9-11-15/h7-11H,4-6,12-14H2,1-3H3. The van der Waals surface area contributed by atoms with Gasteiger partial charge in [0.1, 0.15) is 0 Å². The van der Waals surface area contributed by atoms with Gasteiger partial charge in [0.25, 0.3) is 0 Å². The molecule has 4 heteroatoms. The summed E-state index contributed by atoms with van der Waals surface area (Å²) in [5, 5.41) is 0. The van der Waals surface area contributed by atoms with Crippen molar-refractivity contribution >= 4 is 11.9 Å². The fourth-order valence-electron chi connectivity index (χ4n) is 2.25. The van der Waals surface area contributed by atoms with Crippen molar-refractivity contribution in [2.45, 2.75) is 46.5 Å². The molecule has 1 rings (SSSR count). The van der Waals surface area contributed by atoms with E-state index >= 15 is 0 Å².